The standard InChI is InChI=1S/C15H21ClN4O4S/c1-25(23,24)18-8-3-7-17-15(22)19-11-5-6-13(12(16)10-11)20-9-2-4-14(20)21/h5-6,10,18H,2-4,7-9H2,1H3,(H2,17,19,22). The molecule has 0 radical (unpaired) electrons. The summed E-state index contributed by atoms with van der Waals surface area (Å²) in [6.07, 6.45) is 2.88. The SMILES string of the molecule is CS(=O)(=O)NCCCNC(=O)Nc1ccc(N2CCCC2=O)c(Cl)c1. The first-order valence-corrected chi connectivity index (χ1v) is 10.1. The highest BCUT2D eigenvalue weighted by Gasteiger charge is 2.23. The highest BCUT2D eigenvalue weighted by molar-refractivity contribution is 7.88. The Balaban J connectivity index is 1.81. The van der Waals surface area contributed by atoms with Crippen LogP contribution in [-0.2, 0) is 14.8 Å². The molecule has 2 rings (SSSR count). The lowest BCUT2D eigenvalue weighted by Gasteiger charge is -2.18. The number of rotatable bonds is 7. The number of carbonyl (C=O) groups excluding carboxylic acids is 2. The third kappa shape index (κ3) is 6.18. The monoisotopic (exact) mass is 388 g/mol. The van der Waals surface area contributed by atoms with E-state index in [1.165, 1.54) is 0 Å². The van der Waals surface area contributed by atoms with Crippen LogP contribution in [0.15, 0.2) is 18.2 Å². The Bertz CT molecular complexity index is 754. The summed E-state index contributed by atoms with van der Waals surface area (Å²) in [4.78, 5) is 25.2. The van der Waals surface area contributed by atoms with Crippen molar-refractivity contribution in [3.05, 3.63) is 23.2 Å². The predicted molar refractivity (Wildman–Crippen MR) is 97.5 cm³/mol. The van der Waals surface area contributed by atoms with Crippen LogP contribution in [0, 0.1) is 0 Å². The fraction of sp³-hybridized carbons (Fsp3) is 0.467. The van der Waals surface area contributed by atoms with Crippen LogP contribution in [0.25, 0.3) is 0 Å². The van der Waals surface area contributed by atoms with E-state index in [0.717, 1.165) is 12.7 Å². The van der Waals surface area contributed by atoms with E-state index in [0.29, 0.717) is 42.3 Å². The minimum atomic E-state index is -3.21. The van der Waals surface area contributed by atoms with Crippen LogP contribution in [0.2, 0.25) is 5.02 Å². The van der Waals surface area contributed by atoms with Crippen molar-refractivity contribution >= 4 is 44.9 Å². The first kappa shape index (κ1) is 19.5. The second-order valence-corrected chi connectivity index (χ2v) is 7.96. The van der Waals surface area contributed by atoms with Gasteiger partial charge in [0.1, 0.15) is 0 Å². The third-order valence-corrected chi connectivity index (χ3v) is 4.60. The number of urea groups is 1. The van der Waals surface area contributed by atoms with E-state index in [1.807, 2.05) is 0 Å². The van der Waals surface area contributed by atoms with Crippen molar-refractivity contribution in [2.75, 3.05) is 36.1 Å². The van der Waals surface area contributed by atoms with E-state index in [9.17, 15) is 18.0 Å². The van der Waals surface area contributed by atoms with E-state index in [1.54, 1.807) is 23.1 Å². The molecular weight excluding hydrogens is 368 g/mol. The molecule has 1 aromatic rings. The number of hydrogen-bond donors (Lipinski definition) is 3. The van der Waals surface area contributed by atoms with Crippen LogP contribution < -0.4 is 20.3 Å². The van der Waals surface area contributed by atoms with Crippen LogP contribution in [-0.4, -0.2) is 46.2 Å². The summed E-state index contributed by atoms with van der Waals surface area (Å²) in [5.41, 5.74) is 1.15. The van der Waals surface area contributed by atoms with Crippen LogP contribution in [0.3, 0.4) is 0 Å². The Kier molecular flexibility index (Phi) is 6.63. The fourth-order valence-corrected chi connectivity index (χ4v) is 3.23. The van der Waals surface area contributed by atoms with Crippen molar-refractivity contribution in [2.24, 2.45) is 0 Å². The fourth-order valence-electron chi connectivity index (χ4n) is 2.43. The van der Waals surface area contributed by atoms with Crippen molar-refractivity contribution in [1.82, 2.24) is 10.0 Å². The number of benzene rings is 1. The van der Waals surface area contributed by atoms with Gasteiger partial charge in [0.25, 0.3) is 0 Å². The maximum absolute atomic E-state index is 11.8. The number of carbonyl (C=O) groups is 2. The predicted octanol–water partition coefficient (Wildman–Crippen LogP) is 1.53. The Morgan fingerprint density at radius 1 is 1.32 bits per heavy atom. The Hall–Kier alpha value is -1.84. The van der Waals surface area contributed by atoms with E-state index in [4.69, 9.17) is 11.6 Å². The quantitative estimate of drug-likeness (QED) is 0.615. The van der Waals surface area contributed by atoms with Crippen molar-refractivity contribution in [3.8, 4) is 0 Å². The topological polar surface area (TPSA) is 108 Å². The number of anilines is 2. The lowest BCUT2D eigenvalue weighted by Crippen LogP contribution is -2.32. The van der Waals surface area contributed by atoms with Gasteiger partial charge in [-0.3, -0.25) is 4.79 Å². The Morgan fingerprint density at radius 3 is 2.68 bits per heavy atom. The first-order valence-electron chi connectivity index (χ1n) is 7.86. The minimum absolute atomic E-state index is 0.0445. The average Bonchev–Trinajstić information content (AvgIpc) is 2.92. The molecule has 0 atom stereocenters. The van der Waals surface area contributed by atoms with Gasteiger partial charge < -0.3 is 15.5 Å². The summed E-state index contributed by atoms with van der Waals surface area (Å²) < 4.78 is 24.1. The van der Waals surface area contributed by atoms with Gasteiger partial charge in [0.05, 0.1) is 17.0 Å². The molecule has 1 heterocycles. The number of sulfonamides is 1. The molecule has 0 bridgehead atoms. The number of halogens is 1. The van der Waals surface area contributed by atoms with Gasteiger partial charge in [-0.25, -0.2) is 17.9 Å². The number of nitrogens with one attached hydrogen (secondary N) is 3. The zero-order valence-electron chi connectivity index (χ0n) is 13.8. The molecule has 0 saturated carbocycles. The van der Waals surface area contributed by atoms with Gasteiger partial charge in [0.2, 0.25) is 15.9 Å². The van der Waals surface area contributed by atoms with Gasteiger partial charge in [-0.15, -0.1) is 0 Å². The molecule has 1 aromatic carbocycles. The molecule has 8 nitrogen and oxygen atoms in total. The minimum Gasteiger partial charge on any atom is -0.338 e. The van der Waals surface area contributed by atoms with Crippen molar-refractivity contribution in [2.45, 2.75) is 19.3 Å². The largest absolute Gasteiger partial charge is 0.338 e. The molecule has 10 heteroatoms. The second kappa shape index (κ2) is 8.50. The third-order valence-electron chi connectivity index (χ3n) is 3.57. The lowest BCUT2D eigenvalue weighted by molar-refractivity contribution is -0.117. The summed E-state index contributed by atoms with van der Waals surface area (Å²) in [6, 6.07) is 4.56. The molecule has 0 aromatic heterocycles. The second-order valence-electron chi connectivity index (χ2n) is 5.72. The van der Waals surface area contributed by atoms with Crippen molar-refractivity contribution < 1.29 is 18.0 Å². The molecule has 3 N–H and O–H groups in total. The molecule has 0 aliphatic carbocycles. The average molecular weight is 389 g/mol. The molecule has 138 valence electrons. The van der Waals surface area contributed by atoms with Crippen LogP contribution in [0.4, 0.5) is 16.2 Å². The first-order chi connectivity index (χ1) is 11.8. The molecule has 0 spiro atoms. The van der Waals surface area contributed by atoms with Crippen LogP contribution in [0.5, 0.6) is 0 Å². The van der Waals surface area contributed by atoms with Gasteiger partial charge >= 0.3 is 6.03 Å². The molecule has 0 unspecified atom stereocenters. The summed E-state index contributed by atoms with van der Waals surface area (Å²) in [6.45, 7) is 1.22. The molecule has 1 saturated heterocycles. The molecule has 1 aliphatic heterocycles. The van der Waals surface area contributed by atoms with Crippen molar-refractivity contribution in [1.29, 1.82) is 0 Å². The summed E-state index contributed by atoms with van der Waals surface area (Å²) in [7, 11) is -3.21. The summed E-state index contributed by atoms with van der Waals surface area (Å²) in [5.74, 6) is 0.0445. The van der Waals surface area contributed by atoms with Gasteiger partial charge in [-0.05, 0) is 31.0 Å². The van der Waals surface area contributed by atoms with Gasteiger partial charge in [0, 0.05) is 31.7 Å². The van der Waals surface area contributed by atoms with Gasteiger partial charge in [-0.2, -0.15) is 0 Å². The maximum Gasteiger partial charge on any atom is 0.319 e. The highest BCUT2D eigenvalue weighted by Crippen LogP contribution is 2.31. The summed E-state index contributed by atoms with van der Waals surface area (Å²) in [5, 5.41) is 5.66. The van der Waals surface area contributed by atoms with E-state index >= 15 is 0 Å². The van der Waals surface area contributed by atoms with E-state index in [2.05, 4.69) is 15.4 Å². The molecule has 1 aliphatic rings. The van der Waals surface area contributed by atoms with Gasteiger partial charge in [0.15, 0.2) is 0 Å². The molecular formula is C15H21ClN4O4S. The van der Waals surface area contributed by atoms with Gasteiger partial charge in [-0.1, -0.05) is 11.6 Å². The zero-order valence-corrected chi connectivity index (χ0v) is 15.4. The maximum atomic E-state index is 11.8. The van der Waals surface area contributed by atoms with E-state index < -0.39 is 16.1 Å². The molecule has 1 fully saturated rings. The number of nitrogens with zero attached hydrogens (tertiary/aromatic N) is 1. The molecule has 3 amide bonds. The zero-order chi connectivity index (χ0) is 18.4. The van der Waals surface area contributed by atoms with Crippen LogP contribution >= 0.6 is 11.6 Å². The van der Waals surface area contributed by atoms with E-state index in [-0.39, 0.29) is 12.5 Å². The number of amides is 3. The number of hydrogen-bond acceptors (Lipinski definition) is 4. The Labute approximate surface area is 152 Å². The smallest absolute Gasteiger partial charge is 0.319 e. The highest BCUT2D eigenvalue weighted by atomic mass is 35.5. The molecule has 25 heavy (non-hydrogen) atoms. The normalized spacial score (nSPS) is 14.6. The van der Waals surface area contributed by atoms with Crippen LogP contribution in [0.1, 0.15) is 19.3 Å². The van der Waals surface area contributed by atoms with Crippen molar-refractivity contribution in [3.63, 3.8) is 0 Å². The lowest BCUT2D eigenvalue weighted by atomic mass is 10.2. The Morgan fingerprint density at radius 2 is 2.08 bits per heavy atom. The summed E-state index contributed by atoms with van der Waals surface area (Å²) >= 11 is 6.22.